The van der Waals surface area contributed by atoms with Gasteiger partial charge in [0, 0.05) is 24.3 Å². The average Bonchev–Trinajstić information content (AvgIpc) is 2.38. The molecular weight excluding hydrogens is 228 g/mol. The predicted molar refractivity (Wildman–Crippen MR) is 71.2 cm³/mol. The molecule has 0 aliphatic carbocycles. The summed E-state index contributed by atoms with van der Waals surface area (Å²) in [7, 11) is 0. The standard InChI is InChI=1S/C13H22N4O/c1-9(2)6-11-7-12(17-14)16-13(15-11)10-4-3-5-18-8-10/h7,9-10H,3-6,8,14H2,1-2H3,(H,15,16,17). The maximum atomic E-state index is 5.50. The number of nitrogens with two attached hydrogens (primary N) is 1. The smallest absolute Gasteiger partial charge is 0.143 e. The van der Waals surface area contributed by atoms with Crippen LogP contribution in [0.25, 0.3) is 0 Å². The van der Waals surface area contributed by atoms with Crippen molar-refractivity contribution in [2.75, 3.05) is 18.6 Å². The van der Waals surface area contributed by atoms with Crippen LogP contribution in [0.15, 0.2) is 6.07 Å². The highest BCUT2D eigenvalue weighted by Gasteiger charge is 2.20. The molecule has 0 aromatic carbocycles. The van der Waals surface area contributed by atoms with Gasteiger partial charge in [-0.1, -0.05) is 13.8 Å². The molecule has 1 aliphatic rings. The predicted octanol–water partition coefficient (Wildman–Crippen LogP) is 1.85. The second-order valence-corrected chi connectivity index (χ2v) is 5.26. The van der Waals surface area contributed by atoms with E-state index in [9.17, 15) is 0 Å². The molecule has 1 unspecified atom stereocenters. The minimum absolute atomic E-state index is 0.304. The zero-order valence-electron chi connectivity index (χ0n) is 11.1. The van der Waals surface area contributed by atoms with Gasteiger partial charge in [-0.3, -0.25) is 0 Å². The number of nitrogens with zero attached hydrogens (tertiary/aromatic N) is 2. The monoisotopic (exact) mass is 250 g/mol. The van der Waals surface area contributed by atoms with Crippen molar-refractivity contribution in [1.29, 1.82) is 0 Å². The van der Waals surface area contributed by atoms with Gasteiger partial charge in [0.05, 0.1) is 6.61 Å². The Balaban J connectivity index is 2.22. The lowest BCUT2D eigenvalue weighted by Crippen LogP contribution is -2.20. The lowest BCUT2D eigenvalue weighted by Gasteiger charge is -2.21. The summed E-state index contributed by atoms with van der Waals surface area (Å²) in [5, 5.41) is 0. The summed E-state index contributed by atoms with van der Waals surface area (Å²) in [6, 6.07) is 1.92. The summed E-state index contributed by atoms with van der Waals surface area (Å²) in [5.74, 6) is 7.91. The van der Waals surface area contributed by atoms with Crippen molar-refractivity contribution >= 4 is 5.82 Å². The van der Waals surface area contributed by atoms with Crippen LogP contribution in [-0.4, -0.2) is 23.2 Å². The third-order valence-electron chi connectivity index (χ3n) is 3.09. The van der Waals surface area contributed by atoms with Crippen LogP contribution in [0, 0.1) is 5.92 Å². The summed E-state index contributed by atoms with van der Waals surface area (Å²) < 4.78 is 5.50. The molecule has 0 radical (unpaired) electrons. The zero-order valence-corrected chi connectivity index (χ0v) is 11.1. The number of aromatic nitrogens is 2. The normalized spacial score (nSPS) is 20.1. The zero-order chi connectivity index (χ0) is 13.0. The van der Waals surface area contributed by atoms with Gasteiger partial charge in [0.15, 0.2) is 0 Å². The van der Waals surface area contributed by atoms with Gasteiger partial charge in [0.2, 0.25) is 0 Å². The van der Waals surface area contributed by atoms with E-state index in [1.807, 2.05) is 6.07 Å². The summed E-state index contributed by atoms with van der Waals surface area (Å²) in [6.45, 7) is 5.93. The second-order valence-electron chi connectivity index (χ2n) is 5.26. The summed E-state index contributed by atoms with van der Waals surface area (Å²) >= 11 is 0. The number of ether oxygens (including phenoxy) is 1. The molecule has 0 spiro atoms. The van der Waals surface area contributed by atoms with E-state index < -0.39 is 0 Å². The van der Waals surface area contributed by atoms with Crippen molar-refractivity contribution in [3.63, 3.8) is 0 Å². The van der Waals surface area contributed by atoms with Gasteiger partial charge >= 0.3 is 0 Å². The number of nitrogen functional groups attached to an aromatic ring is 1. The van der Waals surface area contributed by atoms with Gasteiger partial charge in [-0.15, -0.1) is 0 Å². The molecule has 0 saturated carbocycles. The van der Waals surface area contributed by atoms with Crippen molar-refractivity contribution in [1.82, 2.24) is 9.97 Å². The number of anilines is 1. The Kier molecular flexibility index (Phi) is 4.49. The van der Waals surface area contributed by atoms with Gasteiger partial charge in [0.25, 0.3) is 0 Å². The van der Waals surface area contributed by atoms with Crippen molar-refractivity contribution in [3.8, 4) is 0 Å². The van der Waals surface area contributed by atoms with E-state index in [0.717, 1.165) is 44.0 Å². The highest BCUT2D eigenvalue weighted by molar-refractivity contribution is 5.35. The molecule has 0 bridgehead atoms. The van der Waals surface area contributed by atoms with Gasteiger partial charge in [-0.05, 0) is 25.2 Å². The first-order valence-electron chi connectivity index (χ1n) is 6.61. The number of rotatable bonds is 4. The molecule has 1 aromatic heterocycles. The van der Waals surface area contributed by atoms with Crippen LogP contribution < -0.4 is 11.3 Å². The lowest BCUT2D eigenvalue weighted by molar-refractivity contribution is 0.0780. The van der Waals surface area contributed by atoms with E-state index in [1.54, 1.807) is 0 Å². The molecule has 2 heterocycles. The van der Waals surface area contributed by atoms with Gasteiger partial charge < -0.3 is 10.2 Å². The van der Waals surface area contributed by atoms with Gasteiger partial charge in [-0.2, -0.15) is 0 Å². The van der Waals surface area contributed by atoms with Crippen molar-refractivity contribution in [3.05, 3.63) is 17.6 Å². The summed E-state index contributed by atoms with van der Waals surface area (Å²) in [6.07, 6.45) is 3.11. The Morgan fingerprint density at radius 2 is 2.33 bits per heavy atom. The largest absolute Gasteiger partial charge is 0.381 e. The minimum Gasteiger partial charge on any atom is -0.381 e. The second kappa shape index (κ2) is 6.11. The fraction of sp³-hybridized carbons (Fsp3) is 0.692. The highest BCUT2D eigenvalue weighted by Crippen LogP contribution is 2.24. The first-order chi connectivity index (χ1) is 8.69. The Hall–Kier alpha value is -1.20. The molecule has 1 fully saturated rings. The number of hydrogen-bond donors (Lipinski definition) is 2. The van der Waals surface area contributed by atoms with E-state index in [0.29, 0.717) is 17.7 Å². The summed E-state index contributed by atoms with van der Waals surface area (Å²) in [4.78, 5) is 9.11. The molecule has 0 amide bonds. The Morgan fingerprint density at radius 1 is 1.50 bits per heavy atom. The molecule has 1 saturated heterocycles. The third kappa shape index (κ3) is 3.40. The average molecular weight is 250 g/mol. The SMILES string of the molecule is CC(C)Cc1cc(NN)nc(C2CCCOC2)n1. The molecular formula is C13H22N4O. The molecule has 3 N–H and O–H groups in total. The van der Waals surface area contributed by atoms with E-state index in [2.05, 4.69) is 29.2 Å². The fourth-order valence-corrected chi connectivity index (χ4v) is 2.24. The lowest BCUT2D eigenvalue weighted by atomic mass is 10.0. The van der Waals surface area contributed by atoms with Crippen LogP contribution in [0.5, 0.6) is 0 Å². The van der Waals surface area contributed by atoms with Crippen LogP contribution in [0.4, 0.5) is 5.82 Å². The van der Waals surface area contributed by atoms with Gasteiger partial charge in [-0.25, -0.2) is 15.8 Å². The molecule has 2 rings (SSSR count). The van der Waals surface area contributed by atoms with Crippen LogP contribution >= 0.6 is 0 Å². The minimum atomic E-state index is 0.304. The Labute approximate surface area is 108 Å². The highest BCUT2D eigenvalue weighted by atomic mass is 16.5. The van der Waals surface area contributed by atoms with E-state index in [4.69, 9.17) is 10.6 Å². The molecule has 100 valence electrons. The van der Waals surface area contributed by atoms with Crippen LogP contribution in [0.1, 0.15) is 44.1 Å². The van der Waals surface area contributed by atoms with Gasteiger partial charge in [0.1, 0.15) is 11.6 Å². The molecule has 5 heteroatoms. The topological polar surface area (TPSA) is 73.1 Å². The number of nitrogens with one attached hydrogen (secondary N) is 1. The van der Waals surface area contributed by atoms with E-state index in [1.165, 1.54) is 0 Å². The molecule has 1 aliphatic heterocycles. The van der Waals surface area contributed by atoms with Crippen molar-refractivity contribution in [2.24, 2.45) is 11.8 Å². The Morgan fingerprint density at radius 3 is 2.94 bits per heavy atom. The van der Waals surface area contributed by atoms with E-state index >= 15 is 0 Å². The molecule has 1 atom stereocenters. The fourth-order valence-electron chi connectivity index (χ4n) is 2.24. The third-order valence-corrected chi connectivity index (χ3v) is 3.09. The number of hydrogen-bond acceptors (Lipinski definition) is 5. The Bertz CT molecular complexity index is 389. The maximum Gasteiger partial charge on any atom is 0.143 e. The molecule has 5 nitrogen and oxygen atoms in total. The molecule has 1 aromatic rings. The number of hydrazine groups is 1. The van der Waals surface area contributed by atoms with E-state index in [-0.39, 0.29) is 0 Å². The first kappa shape index (κ1) is 13.2. The quantitative estimate of drug-likeness (QED) is 0.630. The van der Waals surface area contributed by atoms with Crippen molar-refractivity contribution < 1.29 is 4.74 Å². The van der Waals surface area contributed by atoms with Crippen LogP contribution in [0.2, 0.25) is 0 Å². The first-order valence-corrected chi connectivity index (χ1v) is 6.61. The maximum absolute atomic E-state index is 5.50. The van der Waals surface area contributed by atoms with Crippen LogP contribution in [-0.2, 0) is 11.2 Å². The summed E-state index contributed by atoms with van der Waals surface area (Å²) in [5.41, 5.74) is 3.68. The molecule has 18 heavy (non-hydrogen) atoms. The van der Waals surface area contributed by atoms with Crippen molar-refractivity contribution in [2.45, 2.75) is 39.0 Å². The van der Waals surface area contributed by atoms with Crippen LogP contribution in [0.3, 0.4) is 0 Å².